The number of hydrogen-bond donors (Lipinski definition) is 0. The average Bonchev–Trinajstić information content (AvgIpc) is 3.03. The fraction of sp³-hybridized carbons (Fsp3) is 0.391. The van der Waals surface area contributed by atoms with Crippen LogP contribution in [-0.2, 0) is 14.3 Å². The summed E-state index contributed by atoms with van der Waals surface area (Å²) in [7, 11) is -0.869. The number of carbonyl (C=O) groups is 2. The van der Waals surface area contributed by atoms with Gasteiger partial charge in [0.2, 0.25) is 0 Å². The SMILES string of the molecule is COC(=O)[C@H]1[C@H]([Si](C)(C)c2ccccc2)c2ccccc2N1C(=O)OC(C)(C)C. The van der Waals surface area contributed by atoms with Crippen LogP contribution >= 0.6 is 0 Å². The molecule has 0 N–H and O–H groups in total. The van der Waals surface area contributed by atoms with E-state index in [1.165, 1.54) is 17.2 Å². The summed E-state index contributed by atoms with van der Waals surface area (Å²) in [5, 5.41) is 1.22. The van der Waals surface area contributed by atoms with E-state index in [-0.39, 0.29) is 5.54 Å². The number of anilines is 1. The van der Waals surface area contributed by atoms with E-state index in [2.05, 4.69) is 25.2 Å². The number of methoxy groups -OCH3 is 1. The number of benzene rings is 2. The van der Waals surface area contributed by atoms with Crippen molar-refractivity contribution in [2.75, 3.05) is 12.0 Å². The summed E-state index contributed by atoms with van der Waals surface area (Å²) in [4.78, 5) is 27.7. The van der Waals surface area contributed by atoms with Gasteiger partial charge < -0.3 is 9.47 Å². The molecule has 0 aliphatic carbocycles. The number of carbonyl (C=O) groups excluding carboxylic acids is 2. The lowest BCUT2D eigenvalue weighted by Gasteiger charge is -2.36. The Balaban J connectivity index is 2.17. The van der Waals surface area contributed by atoms with Crippen LogP contribution < -0.4 is 10.1 Å². The fourth-order valence-electron chi connectivity index (χ4n) is 4.15. The molecule has 5 nitrogen and oxygen atoms in total. The minimum atomic E-state index is -2.24. The summed E-state index contributed by atoms with van der Waals surface area (Å²) in [6, 6.07) is 17.2. The molecule has 1 aliphatic heterocycles. The van der Waals surface area contributed by atoms with Crippen molar-refractivity contribution >= 4 is 31.0 Å². The minimum absolute atomic E-state index is 0.152. The summed E-state index contributed by atoms with van der Waals surface area (Å²) < 4.78 is 10.8. The van der Waals surface area contributed by atoms with Crippen molar-refractivity contribution in [3.05, 3.63) is 60.2 Å². The molecular formula is C23H29NO4Si. The first-order valence-electron chi connectivity index (χ1n) is 9.82. The maximum Gasteiger partial charge on any atom is 0.415 e. The highest BCUT2D eigenvalue weighted by Crippen LogP contribution is 2.46. The van der Waals surface area contributed by atoms with Crippen molar-refractivity contribution in [1.29, 1.82) is 0 Å². The molecule has 0 saturated heterocycles. The molecule has 2 atom stereocenters. The van der Waals surface area contributed by atoms with E-state index in [0.717, 1.165) is 11.3 Å². The molecule has 0 saturated carbocycles. The van der Waals surface area contributed by atoms with E-state index < -0.39 is 31.8 Å². The van der Waals surface area contributed by atoms with Crippen molar-refractivity contribution in [2.45, 2.75) is 51.0 Å². The van der Waals surface area contributed by atoms with E-state index >= 15 is 0 Å². The van der Waals surface area contributed by atoms with Crippen LogP contribution in [0.25, 0.3) is 0 Å². The third kappa shape index (κ3) is 3.94. The monoisotopic (exact) mass is 411 g/mol. The Bertz CT molecular complexity index is 905. The van der Waals surface area contributed by atoms with E-state index in [0.29, 0.717) is 0 Å². The lowest BCUT2D eigenvalue weighted by Crippen LogP contribution is -2.57. The Morgan fingerprint density at radius 1 is 0.966 bits per heavy atom. The average molecular weight is 412 g/mol. The van der Waals surface area contributed by atoms with Gasteiger partial charge in [0, 0.05) is 5.54 Å². The van der Waals surface area contributed by atoms with Crippen LogP contribution in [0.15, 0.2) is 54.6 Å². The first-order valence-corrected chi connectivity index (χ1v) is 12.9. The van der Waals surface area contributed by atoms with Gasteiger partial charge in [0.1, 0.15) is 11.6 Å². The zero-order chi connectivity index (χ0) is 21.4. The number of amides is 1. The molecule has 0 aromatic heterocycles. The summed E-state index contributed by atoms with van der Waals surface area (Å²) in [5.74, 6) is -0.423. The van der Waals surface area contributed by atoms with Gasteiger partial charge in [-0.3, -0.25) is 4.90 Å². The second kappa shape index (κ2) is 7.67. The van der Waals surface area contributed by atoms with Crippen LogP contribution in [0.3, 0.4) is 0 Å². The molecule has 0 bridgehead atoms. The zero-order valence-corrected chi connectivity index (χ0v) is 18.9. The number of hydrogen-bond acceptors (Lipinski definition) is 4. The van der Waals surface area contributed by atoms with Crippen molar-refractivity contribution in [2.24, 2.45) is 0 Å². The highest BCUT2D eigenvalue weighted by molar-refractivity contribution is 6.91. The standard InChI is InChI=1S/C23H29NO4Si/c1-23(2,3)28-22(26)24-18-15-11-10-14-17(18)20(19(24)21(25)27-4)29(5,6)16-12-8-7-9-13-16/h7-15,19-20H,1-6H3/t19-,20-/m1/s1. The fourth-order valence-corrected chi connectivity index (χ4v) is 7.66. The maximum absolute atomic E-state index is 13.2. The van der Waals surface area contributed by atoms with E-state index in [9.17, 15) is 9.59 Å². The second-order valence-electron chi connectivity index (χ2n) is 8.94. The Morgan fingerprint density at radius 3 is 2.14 bits per heavy atom. The molecule has 3 rings (SSSR count). The van der Waals surface area contributed by atoms with E-state index in [1.807, 2.05) is 63.2 Å². The zero-order valence-electron chi connectivity index (χ0n) is 17.9. The van der Waals surface area contributed by atoms with Gasteiger partial charge in [-0.1, -0.05) is 66.8 Å². The Kier molecular flexibility index (Phi) is 5.58. The third-order valence-electron chi connectivity index (χ3n) is 5.45. The smallest absolute Gasteiger partial charge is 0.415 e. The van der Waals surface area contributed by atoms with Gasteiger partial charge in [-0.2, -0.15) is 0 Å². The number of ether oxygens (including phenoxy) is 2. The Labute approximate surface area is 173 Å². The van der Waals surface area contributed by atoms with Crippen LogP contribution in [0.2, 0.25) is 13.1 Å². The quantitative estimate of drug-likeness (QED) is 0.560. The summed E-state index contributed by atoms with van der Waals surface area (Å²) in [5.41, 5.74) is 0.894. The van der Waals surface area contributed by atoms with Crippen LogP contribution in [0, 0.1) is 0 Å². The third-order valence-corrected chi connectivity index (χ3v) is 9.46. The normalized spacial score (nSPS) is 18.9. The van der Waals surface area contributed by atoms with Gasteiger partial charge in [-0.05, 0) is 32.4 Å². The summed E-state index contributed by atoms with van der Waals surface area (Å²) >= 11 is 0. The largest absolute Gasteiger partial charge is 0.467 e. The van der Waals surface area contributed by atoms with Crippen LogP contribution in [-0.4, -0.2) is 38.9 Å². The molecule has 1 aliphatic rings. The van der Waals surface area contributed by atoms with Crippen molar-refractivity contribution in [3.63, 3.8) is 0 Å². The number of esters is 1. The molecule has 1 heterocycles. The number of fused-ring (bicyclic) bond motifs is 1. The maximum atomic E-state index is 13.2. The minimum Gasteiger partial charge on any atom is -0.467 e. The van der Waals surface area contributed by atoms with Crippen LogP contribution in [0.4, 0.5) is 10.5 Å². The lowest BCUT2D eigenvalue weighted by atomic mass is 10.1. The molecule has 1 amide bonds. The van der Waals surface area contributed by atoms with Gasteiger partial charge in [0.05, 0.1) is 20.9 Å². The van der Waals surface area contributed by atoms with Gasteiger partial charge in [-0.15, -0.1) is 0 Å². The Morgan fingerprint density at radius 2 is 1.55 bits per heavy atom. The molecule has 2 aromatic rings. The number of rotatable bonds is 3. The first kappa shape index (κ1) is 21.1. The molecule has 6 heteroatoms. The topological polar surface area (TPSA) is 55.8 Å². The van der Waals surface area contributed by atoms with Gasteiger partial charge >= 0.3 is 12.1 Å². The number of nitrogens with zero attached hydrogens (tertiary/aromatic N) is 1. The first-order chi connectivity index (χ1) is 13.6. The molecule has 29 heavy (non-hydrogen) atoms. The van der Waals surface area contributed by atoms with Gasteiger partial charge in [0.15, 0.2) is 0 Å². The van der Waals surface area contributed by atoms with Crippen LogP contribution in [0.5, 0.6) is 0 Å². The van der Waals surface area contributed by atoms with E-state index in [1.54, 1.807) is 0 Å². The number of para-hydroxylation sites is 1. The van der Waals surface area contributed by atoms with E-state index in [4.69, 9.17) is 9.47 Å². The van der Waals surface area contributed by atoms with Gasteiger partial charge in [0.25, 0.3) is 0 Å². The highest BCUT2D eigenvalue weighted by Gasteiger charge is 2.54. The molecule has 154 valence electrons. The van der Waals surface area contributed by atoms with Gasteiger partial charge in [-0.25, -0.2) is 9.59 Å². The van der Waals surface area contributed by atoms with Crippen LogP contribution in [0.1, 0.15) is 31.9 Å². The molecule has 0 fully saturated rings. The summed E-state index contributed by atoms with van der Waals surface area (Å²) in [6.07, 6.45) is -0.527. The molecular weight excluding hydrogens is 382 g/mol. The summed E-state index contributed by atoms with van der Waals surface area (Å²) in [6.45, 7) is 9.93. The van der Waals surface area contributed by atoms with Crippen molar-refractivity contribution in [3.8, 4) is 0 Å². The van der Waals surface area contributed by atoms with Crippen molar-refractivity contribution < 1.29 is 19.1 Å². The lowest BCUT2D eigenvalue weighted by molar-refractivity contribution is -0.142. The molecule has 0 radical (unpaired) electrons. The molecule has 0 spiro atoms. The molecule has 2 aromatic carbocycles. The predicted molar refractivity (Wildman–Crippen MR) is 117 cm³/mol. The highest BCUT2D eigenvalue weighted by atomic mass is 28.3. The molecule has 0 unspecified atom stereocenters. The predicted octanol–water partition coefficient (Wildman–Crippen LogP) is 4.22. The second-order valence-corrected chi connectivity index (χ2v) is 13.6. The van der Waals surface area contributed by atoms with Crippen molar-refractivity contribution in [1.82, 2.24) is 0 Å². The Hall–Kier alpha value is -2.60.